The summed E-state index contributed by atoms with van der Waals surface area (Å²) in [5, 5.41) is 0. The number of para-hydroxylation sites is 3. The summed E-state index contributed by atoms with van der Waals surface area (Å²) in [5.41, 5.74) is 6.35. The molecule has 1 aromatic heterocycles. The second kappa shape index (κ2) is 4.85. The predicted molar refractivity (Wildman–Crippen MR) is 92.5 cm³/mol. The minimum absolute atomic E-state index is 0.596. The van der Waals surface area contributed by atoms with Crippen molar-refractivity contribution in [2.24, 2.45) is 0 Å². The van der Waals surface area contributed by atoms with Crippen LogP contribution in [0.3, 0.4) is 0 Å². The number of hydrogen-bond donors (Lipinski definition) is 0. The Kier molecular flexibility index (Phi) is 2.78. The van der Waals surface area contributed by atoms with Gasteiger partial charge in [0.15, 0.2) is 0 Å². The summed E-state index contributed by atoms with van der Waals surface area (Å²) in [6, 6.07) is 15.9. The molecule has 5 rings (SSSR count). The largest absolute Gasteiger partial charge is 0.354 e. The lowest BCUT2D eigenvalue weighted by Gasteiger charge is -2.30. The van der Waals surface area contributed by atoms with Crippen molar-refractivity contribution in [3.05, 3.63) is 48.8 Å². The molecule has 0 amide bonds. The van der Waals surface area contributed by atoms with Crippen molar-refractivity contribution in [3.8, 4) is 5.69 Å². The molecule has 0 bridgehead atoms. The fraction of sp³-hybridized carbons (Fsp3) is 0.350. The molecular weight excluding hydrogens is 282 g/mol. The Balaban J connectivity index is 1.81. The summed E-state index contributed by atoms with van der Waals surface area (Å²) in [6.45, 7) is 0. The van der Waals surface area contributed by atoms with Crippen LogP contribution in [0.15, 0.2) is 42.5 Å². The van der Waals surface area contributed by atoms with E-state index in [1.165, 1.54) is 60.2 Å². The summed E-state index contributed by atoms with van der Waals surface area (Å²) in [7, 11) is 2.16. The van der Waals surface area contributed by atoms with E-state index in [2.05, 4.69) is 69.9 Å². The first-order valence-electron chi connectivity index (χ1n) is 8.66. The van der Waals surface area contributed by atoms with Gasteiger partial charge in [0.1, 0.15) is 0 Å². The molecule has 0 spiro atoms. The van der Waals surface area contributed by atoms with Gasteiger partial charge in [-0.15, -0.1) is 0 Å². The minimum Gasteiger partial charge on any atom is -0.354 e. The zero-order chi connectivity index (χ0) is 15.4. The molecule has 0 N–H and O–H groups in total. The zero-order valence-electron chi connectivity index (χ0n) is 13.5. The molecule has 2 aromatic carbocycles. The van der Waals surface area contributed by atoms with E-state index in [9.17, 15) is 0 Å². The van der Waals surface area contributed by atoms with Crippen molar-refractivity contribution in [2.75, 3.05) is 11.9 Å². The third kappa shape index (κ3) is 1.79. The molecule has 3 heteroatoms. The van der Waals surface area contributed by atoms with Gasteiger partial charge in [0.25, 0.3) is 0 Å². The molecule has 1 saturated carbocycles. The Morgan fingerprint density at radius 1 is 0.957 bits per heavy atom. The SMILES string of the molecule is CN1c2ccccc2-[n+]2[c-]n(C3CCCCC3)c3cccc1c32. The minimum atomic E-state index is 0.596. The molecule has 1 aliphatic heterocycles. The Morgan fingerprint density at radius 3 is 2.61 bits per heavy atom. The number of imidazole rings is 1. The first-order valence-corrected chi connectivity index (χ1v) is 8.66. The van der Waals surface area contributed by atoms with E-state index < -0.39 is 0 Å². The lowest BCUT2D eigenvalue weighted by Crippen LogP contribution is -2.36. The van der Waals surface area contributed by atoms with Crippen molar-refractivity contribution < 1.29 is 4.57 Å². The highest BCUT2D eigenvalue weighted by Crippen LogP contribution is 2.38. The Labute approximate surface area is 136 Å². The van der Waals surface area contributed by atoms with Crippen molar-refractivity contribution in [1.82, 2.24) is 4.57 Å². The van der Waals surface area contributed by atoms with E-state index in [0.717, 1.165) is 0 Å². The number of fused-ring (bicyclic) bond motifs is 2. The first kappa shape index (κ1) is 13.2. The molecule has 3 aromatic rings. The molecule has 23 heavy (non-hydrogen) atoms. The molecule has 1 aliphatic carbocycles. The van der Waals surface area contributed by atoms with Crippen molar-refractivity contribution in [1.29, 1.82) is 0 Å². The van der Waals surface area contributed by atoms with Crippen LogP contribution in [0, 0.1) is 6.33 Å². The molecular formula is C20H21N3. The quantitative estimate of drug-likeness (QED) is 0.482. The highest BCUT2D eigenvalue weighted by molar-refractivity contribution is 5.92. The standard InChI is InChI=1S/C20H21N3/c1-21-16-10-5-6-11-17(16)23-14-22(15-8-3-2-4-9-15)19-13-7-12-18(21)20(19)23/h5-7,10-13,15H,2-4,8-9H2,1H3. The van der Waals surface area contributed by atoms with Crippen molar-refractivity contribution >= 4 is 22.4 Å². The Hall–Kier alpha value is -2.29. The summed E-state index contributed by atoms with van der Waals surface area (Å²) in [5.74, 6) is 0. The van der Waals surface area contributed by atoms with E-state index in [-0.39, 0.29) is 0 Å². The van der Waals surface area contributed by atoms with Crippen molar-refractivity contribution in [3.63, 3.8) is 0 Å². The zero-order valence-corrected chi connectivity index (χ0v) is 13.5. The van der Waals surface area contributed by atoms with Gasteiger partial charge in [0.2, 0.25) is 6.33 Å². The molecule has 116 valence electrons. The van der Waals surface area contributed by atoms with Gasteiger partial charge in [0, 0.05) is 18.4 Å². The normalized spacial score (nSPS) is 17.5. The lowest BCUT2D eigenvalue weighted by atomic mass is 9.95. The average Bonchev–Trinajstić information content (AvgIpc) is 3.01. The number of benzene rings is 2. The van der Waals surface area contributed by atoms with Crippen LogP contribution in [0.1, 0.15) is 38.1 Å². The third-order valence-corrected chi connectivity index (χ3v) is 5.47. The van der Waals surface area contributed by atoms with Gasteiger partial charge in [-0.05, 0) is 37.8 Å². The number of rotatable bonds is 1. The molecule has 2 heterocycles. The molecule has 3 nitrogen and oxygen atoms in total. The van der Waals surface area contributed by atoms with Crippen molar-refractivity contribution in [2.45, 2.75) is 38.1 Å². The van der Waals surface area contributed by atoms with Crippen LogP contribution in [0.5, 0.6) is 0 Å². The predicted octanol–water partition coefficient (Wildman–Crippen LogP) is 4.30. The number of hydrogen-bond acceptors (Lipinski definition) is 1. The topological polar surface area (TPSA) is 12.1 Å². The van der Waals surface area contributed by atoms with Gasteiger partial charge in [-0.2, -0.15) is 0 Å². The van der Waals surface area contributed by atoms with Crippen LogP contribution < -0.4 is 9.47 Å². The highest BCUT2D eigenvalue weighted by Gasteiger charge is 2.26. The van der Waals surface area contributed by atoms with Crippen LogP contribution in [-0.4, -0.2) is 11.6 Å². The van der Waals surface area contributed by atoms with E-state index in [4.69, 9.17) is 0 Å². The third-order valence-electron chi connectivity index (χ3n) is 5.47. The highest BCUT2D eigenvalue weighted by atomic mass is 15.2. The van der Waals surface area contributed by atoms with Gasteiger partial charge in [-0.25, -0.2) is 0 Å². The van der Waals surface area contributed by atoms with Gasteiger partial charge < -0.3 is 14.0 Å². The first-order chi connectivity index (χ1) is 11.3. The number of nitrogens with zero attached hydrogens (tertiary/aromatic N) is 3. The van der Waals surface area contributed by atoms with E-state index in [0.29, 0.717) is 6.04 Å². The summed E-state index contributed by atoms with van der Waals surface area (Å²) >= 11 is 0. The smallest absolute Gasteiger partial charge is 0.244 e. The molecule has 2 aliphatic rings. The maximum absolute atomic E-state index is 3.68. The van der Waals surface area contributed by atoms with E-state index in [1.54, 1.807) is 0 Å². The number of anilines is 2. The summed E-state index contributed by atoms with van der Waals surface area (Å²) in [4.78, 5) is 2.30. The van der Waals surface area contributed by atoms with Gasteiger partial charge >= 0.3 is 0 Å². The average molecular weight is 303 g/mol. The summed E-state index contributed by atoms with van der Waals surface area (Å²) in [6.07, 6.45) is 10.3. The van der Waals surface area contributed by atoms with Crippen LogP contribution in [0.4, 0.5) is 11.4 Å². The lowest BCUT2D eigenvalue weighted by molar-refractivity contribution is -0.573. The van der Waals surface area contributed by atoms with Crippen LogP contribution in [0.2, 0.25) is 0 Å². The second-order valence-electron chi connectivity index (χ2n) is 6.79. The van der Waals surface area contributed by atoms with Gasteiger partial charge in [-0.1, -0.05) is 36.8 Å². The second-order valence-corrected chi connectivity index (χ2v) is 6.79. The fourth-order valence-electron chi connectivity index (χ4n) is 4.28. The molecule has 1 fully saturated rings. The molecule has 0 radical (unpaired) electrons. The maximum atomic E-state index is 3.68. The van der Waals surface area contributed by atoms with E-state index in [1.807, 2.05) is 0 Å². The fourth-order valence-corrected chi connectivity index (χ4v) is 4.28. The van der Waals surface area contributed by atoms with Gasteiger partial charge in [0.05, 0.1) is 22.8 Å². The van der Waals surface area contributed by atoms with Crippen LogP contribution >= 0.6 is 0 Å². The Morgan fingerprint density at radius 2 is 1.74 bits per heavy atom. The number of aromatic nitrogens is 2. The molecule has 0 saturated heterocycles. The van der Waals surface area contributed by atoms with E-state index >= 15 is 0 Å². The van der Waals surface area contributed by atoms with Crippen LogP contribution in [0.25, 0.3) is 16.7 Å². The monoisotopic (exact) mass is 303 g/mol. The van der Waals surface area contributed by atoms with Crippen LogP contribution in [-0.2, 0) is 0 Å². The Bertz CT molecular complexity index is 887. The van der Waals surface area contributed by atoms with Gasteiger partial charge in [-0.3, -0.25) is 0 Å². The maximum Gasteiger partial charge on any atom is 0.244 e. The molecule has 0 unspecified atom stereocenters. The molecule has 0 atom stereocenters. The summed E-state index contributed by atoms with van der Waals surface area (Å²) < 4.78 is 4.68.